The molecule has 0 aliphatic heterocycles. The van der Waals surface area contributed by atoms with E-state index in [2.05, 4.69) is 9.97 Å². The Bertz CT molecular complexity index is 1410. The fourth-order valence-corrected chi connectivity index (χ4v) is 3.43. The molecule has 4 aromatic rings. The summed E-state index contributed by atoms with van der Waals surface area (Å²) >= 11 is 5.26. The third-order valence-electron chi connectivity index (χ3n) is 4.77. The summed E-state index contributed by atoms with van der Waals surface area (Å²) in [5.41, 5.74) is 0.444. The Balaban J connectivity index is 1.58. The lowest BCUT2D eigenvalue weighted by atomic mass is 10.1. The first-order chi connectivity index (χ1) is 16.0. The number of hydrogen-bond acceptors (Lipinski definition) is 6. The van der Waals surface area contributed by atoms with Crippen LogP contribution < -0.4 is 10.3 Å². The molecule has 0 spiro atoms. The van der Waals surface area contributed by atoms with Crippen LogP contribution in [0.25, 0.3) is 11.8 Å². The van der Waals surface area contributed by atoms with Gasteiger partial charge in [-0.3, -0.25) is 24.1 Å². The second-order valence-corrected chi connectivity index (χ2v) is 7.40. The van der Waals surface area contributed by atoms with Crippen LogP contribution in [0.5, 0.6) is 17.4 Å². The summed E-state index contributed by atoms with van der Waals surface area (Å²) in [6.45, 7) is 0. The predicted octanol–water partition coefficient (Wildman–Crippen LogP) is 5.07. The molecule has 0 fully saturated rings. The van der Waals surface area contributed by atoms with Gasteiger partial charge in [-0.15, -0.1) is 0 Å². The number of H-pyrrole nitrogens is 1. The van der Waals surface area contributed by atoms with E-state index >= 15 is 0 Å². The second kappa shape index (κ2) is 9.88. The van der Waals surface area contributed by atoms with Gasteiger partial charge in [-0.05, 0) is 66.8 Å². The van der Waals surface area contributed by atoms with Crippen LogP contribution >= 0.6 is 12.2 Å². The lowest BCUT2D eigenvalue weighted by Crippen LogP contribution is -2.15. The minimum atomic E-state index is -0.553. The van der Waals surface area contributed by atoms with Gasteiger partial charge in [-0.2, -0.15) is 0 Å². The minimum Gasteiger partial charge on any atom is -0.494 e. The van der Waals surface area contributed by atoms with Crippen LogP contribution in [0.1, 0.15) is 22.3 Å². The number of pyridine rings is 1. The van der Waals surface area contributed by atoms with Gasteiger partial charge in [0.25, 0.3) is 5.56 Å². The first-order valence-corrected chi connectivity index (χ1v) is 10.4. The SMILES string of the molecule is O=C(CC=Cc1c(O)n(-c2ccc(Oc3ccccc3)cc2)c(=S)[nH]c1=O)c1cccnc1. The molecular weight excluding hydrogens is 438 g/mol. The molecule has 164 valence electrons. The summed E-state index contributed by atoms with van der Waals surface area (Å²) in [5, 5.41) is 10.8. The number of benzene rings is 2. The largest absolute Gasteiger partial charge is 0.494 e. The minimum absolute atomic E-state index is 0.00722. The van der Waals surface area contributed by atoms with Crippen molar-refractivity contribution in [3.63, 3.8) is 0 Å². The Hall–Kier alpha value is -4.30. The lowest BCUT2D eigenvalue weighted by molar-refractivity contribution is 0.0995. The Labute approximate surface area is 194 Å². The van der Waals surface area contributed by atoms with E-state index in [1.165, 1.54) is 22.9 Å². The van der Waals surface area contributed by atoms with Gasteiger partial charge in [0.1, 0.15) is 11.5 Å². The van der Waals surface area contributed by atoms with Crippen LogP contribution in [0, 0.1) is 4.77 Å². The lowest BCUT2D eigenvalue weighted by Gasteiger charge is -2.12. The maximum absolute atomic E-state index is 12.4. The maximum atomic E-state index is 12.4. The number of nitrogens with one attached hydrogen (secondary N) is 1. The van der Waals surface area contributed by atoms with Crippen molar-refractivity contribution in [3.05, 3.63) is 111 Å². The van der Waals surface area contributed by atoms with E-state index in [4.69, 9.17) is 17.0 Å². The fraction of sp³-hybridized carbons (Fsp3) is 0.0400. The molecule has 2 heterocycles. The first kappa shape index (κ1) is 21.9. The molecule has 0 radical (unpaired) electrons. The van der Waals surface area contributed by atoms with E-state index < -0.39 is 5.56 Å². The summed E-state index contributed by atoms with van der Waals surface area (Å²) in [7, 11) is 0. The molecule has 0 aliphatic carbocycles. The topological polar surface area (TPSA) is 97.2 Å². The van der Waals surface area contributed by atoms with Gasteiger partial charge in [-0.25, -0.2) is 0 Å². The van der Waals surface area contributed by atoms with Crippen LogP contribution in [0.2, 0.25) is 0 Å². The number of hydrogen-bond donors (Lipinski definition) is 2. The normalized spacial score (nSPS) is 10.9. The highest BCUT2D eigenvalue weighted by atomic mass is 32.1. The van der Waals surface area contributed by atoms with Crippen molar-refractivity contribution >= 4 is 24.1 Å². The third-order valence-corrected chi connectivity index (χ3v) is 5.05. The zero-order valence-corrected chi connectivity index (χ0v) is 18.2. The van der Waals surface area contributed by atoms with Gasteiger partial charge in [0.15, 0.2) is 10.6 Å². The van der Waals surface area contributed by atoms with Gasteiger partial charge in [0.05, 0.1) is 11.3 Å². The Morgan fingerprint density at radius 2 is 1.79 bits per heavy atom. The number of carbonyl (C=O) groups is 1. The van der Waals surface area contributed by atoms with Crippen molar-refractivity contribution in [2.24, 2.45) is 0 Å². The third kappa shape index (κ3) is 5.13. The highest BCUT2D eigenvalue weighted by molar-refractivity contribution is 7.71. The molecule has 4 rings (SSSR count). The van der Waals surface area contributed by atoms with E-state index in [0.717, 1.165) is 0 Å². The van der Waals surface area contributed by atoms with Crippen molar-refractivity contribution in [1.29, 1.82) is 0 Å². The van der Waals surface area contributed by atoms with Gasteiger partial charge in [0, 0.05) is 24.4 Å². The number of Topliss-reactive ketones (excluding diaryl/α,β-unsaturated/α-hetero) is 1. The highest BCUT2D eigenvalue weighted by Crippen LogP contribution is 2.25. The summed E-state index contributed by atoms with van der Waals surface area (Å²) in [5.74, 6) is 0.819. The number of aromatic hydroxyl groups is 1. The number of allylic oxidation sites excluding steroid dienone is 1. The van der Waals surface area contributed by atoms with Gasteiger partial charge < -0.3 is 9.84 Å². The molecule has 0 aliphatic rings. The molecular formula is C25H19N3O4S. The van der Waals surface area contributed by atoms with E-state index in [-0.39, 0.29) is 28.4 Å². The summed E-state index contributed by atoms with van der Waals surface area (Å²) in [6.07, 6.45) is 6.03. The average Bonchev–Trinajstić information content (AvgIpc) is 2.83. The van der Waals surface area contributed by atoms with E-state index in [1.54, 1.807) is 42.6 Å². The monoisotopic (exact) mass is 457 g/mol. The molecule has 0 unspecified atom stereocenters. The van der Waals surface area contributed by atoms with Crippen LogP contribution in [0.15, 0.2) is 90.0 Å². The van der Waals surface area contributed by atoms with Gasteiger partial charge in [-0.1, -0.05) is 24.3 Å². The number of carbonyl (C=O) groups excluding carboxylic acids is 1. The molecule has 0 amide bonds. The summed E-state index contributed by atoms with van der Waals surface area (Å²) in [4.78, 5) is 31.1. The van der Waals surface area contributed by atoms with Crippen LogP contribution in [-0.4, -0.2) is 25.4 Å². The van der Waals surface area contributed by atoms with Gasteiger partial charge in [0.2, 0.25) is 5.88 Å². The van der Waals surface area contributed by atoms with Crippen molar-refractivity contribution < 1.29 is 14.6 Å². The number of ether oxygens (including phenoxy) is 1. The van der Waals surface area contributed by atoms with Crippen molar-refractivity contribution in [3.8, 4) is 23.1 Å². The molecule has 0 saturated heterocycles. The molecule has 8 heteroatoms. The van der Waals surface area contributed by atoms with E-state index in [1.807, 2.05) is 30.3 Å². The Morgan fingerprint density at radius 3 is 2.48 bits per heavy atom. The summed E-state index contributed by atoms with van der Waals surface area (Å²) in [6, 6.07) is 19.6. The first-order valence-electron chi connectivity index (χ1n) is 10.0. The van der Waals surface area contributed by atoms with Crippen LogP contribution in [0.3, 0.4) is 0 Å². The molecule has 2 aromatic carbocycles. The number of aromatic amines is 1. The number of aromatic nitrogens is 3. The fourth-order valence-electron chi connectivity index (χ4n) is 3.15. The standard InChI is InChI=1S/C25H19N3O4S/c29-22(17-6-5-15-26-16-17)10-4-9-21-23(30)27-25(33)28(24(21)31)18-11-13-20(14-12-18)32-19-7-2-1-3-8-19/h1-9,11-16,31H,10H2,(H,27,30,33). The van der Waals surface area contributed by atoms with Crippen LogP contribution in [0.4, 0.5) is 0 Å². The Morgan fingerprint density at radius 1 is 1.06 bits per heavy atom. The zero-order valence-electron chi connectivity index (χ0n) is 17.3. The molecule has 33 heavy (non-hydrogen) atoms. The number of para-hydroxylation sites is 1. The average molecular weight is 458 g/mol. The van der Waals surface area contributed by atoms with Crippen molar-refractivity contribution in [2.75, 3.05) is 0 Å². The highest BCUT2D eigenvalue weighted by Gasteiger charge is 2.12. The summed E-state index contributed by atoms with van der Waals surface area (Å²) < 4.78 is 7.16. The van der Waals surface area contributed by atoms with Crippen molar-refractivity contribution in [1.82, 2.24) is 14.5 Å². The van der Waals surface area contributed by atoms with Crippen molar-refractivity contribution in [2.45, 2.75) is 6.42 Å². The zero-order chi connectivity index (χ0) is 23.2. The van der Waals surface area contributed by atoms with Crippen LogP contribution in [-0.2, 0) is 0 Å². The second-order valence-electron chi connectivity index (χ2n) is 7.01. The van der Waals surface area contributed by atoms with E-state index in [0.29, 0.717) is 22.7 Å². The number of rotatable bonds is 7. The Kier molecular flexibility index (Phi) is 6.56. The molecule has 2 aromatic heterocycles. The molecule has 2 N–H and O–H groups in total. The molecule has 7 nitrogen and oxygen atoms in total. The smallest absolute Gasteiger partial charge is 0.262 e. The quantitative estimate of drug-likeness (QED) is 0.297. The van der Waals surface area contributed by atoms with E-state index in [9.17, 15) is 14.7 Å². The van der Waals surface area contributed by atoms with Gasteiger partial charge >= 0.3 is 0 Å². The molecule has 0 saturated carbocycles. The molecule has 0 bridgehead atoms. The number of nitrogens with zero attached hydrogens (tertiary/aromatic N) is 2. The number of ketones is 1. The molecule has 0 atom stereocenters. The maximum Gasteiger partial charge on any atom is 0.262 e. The predicted molar refractivity (Wildman–Crippen MR) is 128 cm³/mol.